The molecule has 1 unspecified atom stereocenters. The highest BCUT2D eigenvalue weighted by molar-refractivity contribution is 6.03. The average molecular weight is 503 g/mol. The zero-order chi connectivity index (χ0) is 26.2. The van der Waals surface area contributed by atoms with E-state index in [2.05, 4.69) is 31.8 Å². The number of aryl methyl sites for hydroxylation is 3. The molecule has 0 spiro atoms. The molecule has 0 radical (unpaired) electrons. The monoisotopic (exact) mass is 503 g/mol. The molecule has 0 saturated heterocycles. The molecule has 1 aromatic carbocycles. The van der Waals surface area contributed by atoms with Crippen LogP contribution in [0.15, 0.2) is 22.9 Å². The number of carboxylic acid groups (broad SMARTS) is 1. The zero-order valence-corrected chi connectivity index (χ0v) is 19.8. The van der Waals surface area contributed by atoms with Crippen molar-refractivity contribution in [3.05, 3.63) is 57.7 Å². The van der Waals surface area contributed by atoms with Crippen molar-refractivity contribution in [3.63, 3.8) is 0 Å². The fourth-order valence-electron chi connectivity index (χ4n) is 4.57. The number of anilines is 1. The van der Waals surface area contributed by atoms with Crippen LogP contribution in [0, 0.1) is 20.8 Å². The minimum Gasteiger partial charge on any atom is -0.475 e. The Bertz CT molecular complexity index is 1340. The number of nitrogens with zero attached hydrogens (tertiary/aromatic N) is 3. The van der Waals surface area contributed by atoms with Crippen LogP contribution in [0.2, 0.25) is 0 Å². The number of carbonyl (C=O) groups is 2. The molecule has 3 N–H and O–H groups in total. The van der Waals surface area contributed by atoms with Crippen molar-refractivity contribution < 1.29 is 32.4 Å². The van der Waals surface area contributed by atoms with E-state index in [0.29, 0.717) is 18.1 Å². The Balaban J connectivity index is 0.000000384. The Hall–Kier alpha value is -3.80. The molecule has 0 fully saturated rings. The van der Waals surface area contributed by atoms with Crippen LogP contribution in [-0.4, -0.2) is 44.8 Å². The number of hydrogen-bond acceptors (Lipinski definition) is 7. The van der Waals surface area contributed by atoms with Crippen LogP contribution in [0.4, 0.5) is 18.9 Å². The van der Waals surface area contributed by atoms with Crippen LogP contribution in [-0.2, 0) is 29.0 Å². The second-order valence-corrected chi connectivity index (χ2v) is 8.75. The van der Waals surface area contributed by atoms with Gasteiger partial charge in [0.25, 0.3) is 0 Å². The van der Waals surface area contributed by atoms with Crippen LogP contribution in [0.3, 0.4) is 0 Å². The fraction of sp³-hybridized carbons (Fsp3) is 0.375. The minimum absolute atomic E-state index is 0.0190. The van der Waals surface area contributed by atoms with Gasteiger partial charge in [-0.1, -0.05) is 11.2 Å². The van der Waals surface area contributed by atoms with Gasteiger partial charge < -0.3 is 20.3 Å². The molecule has 2 aliphatic heterocycles. The Labute approximate surface area is 204 Å². The van der Waals surface area contributed by atoms with Gasteiger partial charge in [0.15, 0.2) is 0 Å². The number of nitrogens with one attached hydrogen (secondary N) is 2. The third-order valence-electron chi connectivity index (χ3n) is 6.10. The lowest BCUT2D eigenvalue weighted by Crippen LogP contribution is -2.24. The molecule has 9 nitrogen and oxygen atoms in total. The normalized spacial score (nSPS) is 16.5. The molecule has 1 atom stereocenters. The average Bonchev–Trinajstić information content (AvgIpc) is 3.37. The van der Waals surface area contributed by atoms with E-state index in [-0.39, 0.29) is 11.8 Å². The summed E-state index contributed by atoms with van der Waals surface area (Å²) in [6.45, 7) is 7.77. The molecular formula is C24H24F3N5O4. The van der Waals surface area contributed by atoms with Gasteiger partial charge in [0.2, 0.25) is 17.6 Å². The number of hydrogen-bond donors (Lipinski definition) is 3. The number of amides is 1. The number of halogens is 3. The van der Waals surface area contributed by atoms with Crippen LogP contribution in [0.1, 0.15) is 45.3 Å². The maximum absolute atomic E-state index is 12.6. The highest BCUT2D eigenvalue weighted by Gasteiger charge is 2.38. The summed E-state index contributed by atoms with van der Waals surface area (Å²) in [6.07, 6.45) is -1.86. The summed E-state index contributed by atoms with van der Waals surface area (Å²) in [5.74, 6) is -2.06. The smallest absolute Gasteiger partial charge is 0.475 e. The first-order valence-corrected chi connectivity index (χ1v) is 11.2. The Morgan fingerprint density at radius 3 is 2.67 bits per heavy atom. The molecule has 1 amide bonds. The lowest BCUT2D eigenvalue weighted by molar-refractivity contribution is -0.192. The number of aromatic nitrogens is 3. The largest absolute Gasteiger partial charge is 0.490 e. The molecule has 2 aromatic heterocycles. The van der Waals surface area contributed by atoms with Gasteiger partial charge in [0.1, 0.15) is 0 Å². The molecule has 0 bridgehead atoms. The van der Waals surface area contributed by atoms with E-state index in [1.807, 2.05) is 33.0 Å². The summed E-state index contributed by atoms with van der Waals surface area (Å²) in [5.41, 5.74) is 8.43. The molecule has 4 heterocycles. The van der Waals surface area contributed by atoms with Crippen molar-refractivity contribution in [2.24, 2.45) is 0 Å². The van der Waals surface area contributed by atoms with E-state index in [1.54, 1.807) is 0 Å². The summed E-state index contributed by atoms with van der Waals surface area (Å²) >= 11 is 0. The number of pyridine rings is 1. The quantitative estimate of drug-likeness (QED) is 0.494. The van der Waals surface area contributed by atoms with Crippen molar-refractivity contribution in [2.45, 2.75) is 52.3 Å². The maximum Gasteiger partial charge on any atom is 0.490 e. The highest BCUT2D eigenvalue weighted by Crippen LogP contribution is 2.38. The second kappa shape index (κ2) is 9.69. The van der Waals surface area contributed by atoms with Gasteiger partial charge in [-0.05, 0) is 67.6 Å². The molecule has 3 aromatic rings. The Morgan fingerprint density at radius 1 is 1.25 bits per heavy atom. The van der Waals surface area contributed by atoms with Gasteiger partial charge in [0.05, 0.1) is 5.92 Å². The molecule has 5 rings (SSSR count). The standard InChI is InChI=1S/C22H23N5O2.C2HF3O2/c1-11-6-12(2)19-16(22(28)25-17(19)7-11)8-18-26-21(27-29-18)20-13(3)24-10-14-9-23-5-4-15(14)20;3-2(4,5)1(6)7/h6-7,10,16,23H,4-5,8-9H2,1-3H3,(H,25,28);(H,6,7). The van der Waals surface area contributed by atoms with E-state index in [9.17, 15) is 18.0 Å². The van der Waals surface area contributed by atoms with Crippen LogP contribution >= 0.6 is 0 Å². The summed E-state index contributed by atoms with van der Waals surface area (Å²) < 4.78 is 37.3. The van der Waals surface area contributed by atoms with Crippen molar-refractivity contribution in [1.29, 1.82) is 0 Å². The van der Waals surface area contributed by atoms with Crippen LogP contribution in [0.5, 0.6) is 0 Å². The predicted octanol–water partition coefficient (Wildman–Crippen LogP) is 3.61. The molecule has 12 heteroatoms. The van der Waals surface area contributed by atoms with Crippen molar-refractivity contribution >= 4 is 17.6 Å². The molecule has 0 saturated carbocycles. The van der Waals surface area contributed by atoms with Crippen molar-refractivity contribution in [1.82, 2.24) is 20.4 Å². The van der Waals surface area contributed by atoms with E-state index in [4.69, 9.17) is 14.4 Å². The number of rotatable bonds is 3. The van der Waals surface area contributed by atoms with Gasteiger partial charge in [-0.3, -0.25) is 9.78 Å². The number of carbonyl (C=O) groups excluding carboxylic acids is 1. The zero-order valence-electron chi connectivity index (χ0n) is 19.8. The van der Waals surface area contributed by atoms with Crippen molar-refractivity contribution in [3.8, 4) is 11.4 Å². The van der Waals surface area contributed by atoms with E-state index in [1.165, 1.54) is 11.1 Å². The number of benzene rings is 1. The maximum atomic E-state index is 12.6. The molecule has 0 aliphatic carbocycles. The highest BCUT2D eigenvalue weighted by atomic mass is 19.4. The summed E-state index contributed by atoms with van der Waals surface area (Å²) in [7, 11) is 0. The van der Waals surface area contributed by atoms with E-state index >= 15 is 0 Å². The number of carboxylic acids is 1. The summed E-state index contributed by atoms with van der Waals surface area (Å²) in [6, 6.07) is 4.11. The lowest BCUT2D eigenvalue weighted by atomic mass is 9.92. The third-order valence-corrected chi connectivity index (χ3v) is 6.10. The number of fused-ring (bicyclic) bond motifs is 2. The summed E-state index contributed by atoms with van der Waals surface area (Å²) in [4.78, 5) is 30.7. The minimum atomic E-state index is -5.08. The van der Waals surface area contributed by atoms with Crippen molar-refractivity contribution in [2.75, 3.05) is 11.9 Å². The number of aliphatic carboxylic acids is 1. The van der Waals surface area contributed by atoms with Gasteiger partial charge in [-0.2, -0.15) is 18.2 Å². The van der Waals surface area contributed by atoms with Crippen LogP contribution in [0.25, 0.3) is 11.4 Å². The first kappa shape index (κ1) is 25.3. The second-order valence-electron chi connectivity index (χ2n) is 8.75. The van der Waals surface area contributed by atoms with Gasteiger partial charge >= 0.3 is 12.1 Å². The molecule has 36 heavy (non-hydrogen) atoms. The first-order chi connectivity index (χ1) is 17.0. The number of alkyl halides is 3. The lowest BCUT2D eigenvalue weighted by Gasteiger charge is -2.19. The Kier molecular flexibility index (Phi) is 6.81. The van der Waals surface area contributed by atoms with Crippen LogP contribution < -0.4 is 10.6 Å². The van der Waals surface area contributed by atoms with E-state index in [0.717, 1.165) is 53.1 Å². The van der Waals surface area contributed by atoms with E-state index < -0.39 is 12.1 Å². The molecular weight excluding hydrogens is 479 g/mol. The van der Waals surface area contributed by atoms with Gasteiger partial charge in [-0.25, -0.2) is 4.79 Å². The molecule has 2 aliphatic rings. The third kappa shape index (κ3) is 5.08. The summed E-state index contributed by atoms with van der Waals surface area (Å²) in [5, 5.41) is 17.7. The first-order valence-electron chi connectivity index (χ1n) is 11.2. The Morgan fingerprint density at radius 2 is 1.97 bits per heavy atom. The van der Waals surface area contributed by atoms with Gasteiger partial charge in [0, 0.05) is 36.1 Å². The SMILES string of the molecule is Cc1cc(C)c2c(c1)NC(=O)C2Cc1nc(-c2c(C)ncc3c2CCNC3)no1.O=C(O)C(F)(F)F. The predicted molar refractivity (Wildman–Crippen MR) is 122 cm³/mol. The topological polar surface area (TPSA) is 130 Å². The van der Waals surface area contributed by atoms with Gasteiger partial charge in [-0.15, -0.1) is 0 Å². The fourth-order valence-corrected chi connectivity index (χ4v) is 4.57. The molecule has 190 valence electrons.